The van der Waals surface area contributed by atoms with Gasteiger partial charge in [0, 0.05) is 31.9 Å². The summed E-state index contributed by atoms with van der Waals surface area (Å²) in [4.78, 5) is 14.1. The minimum Gasteiger partial charge on any atom is -0.376 e. The van der Waals surface area contributed by atoms with Gasteiger partial charge in [-0.15, -0.1) is 0 Å². The van der Waals surface area contributed by atoms with E-state index in [2.05, 4.69) is 10.6 Å². The van der Waals surface area contributed by atoms with E-state index in [1.807, 2.05) is 4.90 Å². The van der Waals surface area contributed by atoms with E-state index < -0.39 is 9.84 Å². The SMILES string of the molecule is CCS(=O)(=O)c1ccc(NCC(=O)N2CCNCC2)cc1. The van der Waals surface area contributed by atoms with Crippen LogP contribution in [-0.4, -0.2) is 57.7 Å². The van der Waals surface area contributed by atoms with Crippen LogP contribution in [0.2, 0.25) is 0 Å². The van der Waals surface area contributed by atoms with Gasteiger partial charge in [0.25, 0.3) is 0 Å². The van der Waals surface area contributed by atoms with E-state index in [9.17, 15) is 13.2 Å². The van der Waals surface area contributed by atoms with Gasteiger partial charge in [0.1, 0.15) is 0 Å². The third-order valence-corrected chi connectivity index (χ3v) is 5.26. The van der Waals surface area contributed by atoms with E-state index in [-0.39, 0.29) is 18.2 Å². The van der Waals surface area contributed by atoms with Crippen molar-refractivity contribution >= 4 is 21.4 Å². The number of carbonyl (C=O) groups excluding carboxylic acids is 1. The number of hydrogen-bond acceptors (Lipinski definition) is 5. The molecule has 1 aromatic rings. The molecular weight excluding hydrogens is 290 g/mol. The van der Waals surface area contributed by atoms with Gasteiger partial charge in [-0.3, -0.25) is 4.79 Å². The molecule has 0 bridgehead atoms. The minimum absolute atomic E-state index is 0.0572. The molecule has 1 fully saturated rings. The highest BCUT2D eigenvalue weighted by atomic mass is 32.2. The van der Waals surface area contributed by atoms with Crippen LogP contribution in [0.4, 0.5) is 5.69 Å². The van der Waals surface area contributed by atoms with Crippen LogP contribution in [0.5, 0.6) is 0 Å². The lowest BCUT2D eigenvalue weighted by atomic mass is 10.3. The Hall–Kier alpha value is -1.60. The molecule has 0 aromatic heterocycles. The van der Waals surface area contributed by atoms with E-state index >= 15 is 0 Å². The molecule has 0 saturated carbocycles. The van der Waals surface area contributed by atoms with Crippen LogP contribution < -0.4 is 10.6 Å². The van der Waals surface area contributed by atoms with Crippen molar-refractivity contribution in [3.8, 4) is 0 Å². The third kappa shape index (κ3) is 4.18. The highest BCUT2D eigenvalue weighted by Crippen LogP contribution is 2.15. The number of benzene rings is 1. The Morgan fingerprint density at radius 3 is 2.43 bits per heavy atom. The summed E-state index contributed by atoms with van der Waals surface area (Å²) in [6.07, 6.45) is 0. The molecule has 1 aromatic carbocycles. The van der Waals surface area contributed by atoms with Crippen LogP contribution in [0, 0.1) is 0 Å². The summed E-state index contributed by atoms with van der Waals surface area (Å²) < 4.78 is 23.4. The average molecular weight is 311 g/mol. The number of anilines is 1. The van der Waals surface area contributed by atoms with E-state index in [0.29, 0.717) is 4.90 Å². The van der Waals surface area contributed by atoms with Crippen LogP contribution >= 0.6 is 0 Å². The maximum Gasteiger partial charge on any atom is 0.241 e. The lowest BCUT2D eigenvalue weighted by molar-refractivity contribution is -0.129. The molecule has 21 heavy (non-hydrogen) atoms. The number of nitrogens with one attached hydrogen (secondary N) is 2. The quantitative estimate of drug-likeness (QED) is 0.819. The van der Waals surface area contributed by atoms with Gasteiger partial charge in [0.05, 0.1) is 17.2 Å². The fourth-order valence-corrected chi connectivity index (χ4v) is 3.03. The molecule has 1 heterocycles. The van der Waals surface area contributed by atoms with Gasteiger partial charge in [-0.2, -0.15) is 0 Å². The normalized spacial score (nSPS) is 15.8. The summed E-state index contributed by atoms with van der Waals surface area (Å²) >= 11 is 0. The standard InChI is InChI=1S/C14H21N3O3S/c1-2-21(19,20)13-5-3-12(4-6-13)16-11-14(18)17-9-7-15-8-10-17/h3-6,15-16H,2,7-11H2,1H3. The van der Waals surface area contributed by atoms with Crippen molar-refractivity contribution in [3.63, 3.8) is 0 Å². The van der Waals surface area contributed by atoms with Gasteiger partial charge in [0.15, 0.2) is 9.84 Å². The number of nitrogens with zero attached hydrogens (tertiary/aromatic N) is 1. The first-order valence-corrected chi connectivity index (χ1v) is 8.73. The van der Waals surface area contributed by atoms with Crippen molar-refractivity contribution in [2.24, 2.45) is 0 Å². The summed E-state index contributed by atoms with van der Waals surface area (Å²) in [6, 6.07) is 6.51. The predicted molar refractivity (Wildman–Crippen MR) is 82.1 cm³/mol. The van der Waals surface area contributed by atoms with Crippen LogP contribution in [-0.2, 0) is 14.6 Å². The molecule has 2 N–H and O–H groups in total. The smallest absolute Gasteiger partial charge is 0.241 e. The summed E-state index contributed by atoms with van der Waals surface area (Å²) in [5.74, 6) is 0.142. The number of hydrogen-bond donors (Lipinski definition) is 2. The second kappa shape index (κ2) is 6.91. The van der Waals surface area contributed by atoms with Crippen molar-refractivity contribution in [1.29, 1.82) is 0 Å². The summed E-state index contributed by atoms with van der Waals surface area (Å²) in [7, 11) is -3.17. The van der Waals surface area contributed by atoms with Crippen molar-refractivity contribution < 1.29 is 13.2 Å². The Morgan fingerprint density at radius 1 is 1.24 bits per heavy atom. The highest BCUT2D eigenvalue weighted by Gasteiger charge is 2.15. The van der Waals surface area contributed by atoms with Gasteiger partial charge < -0.3 is 15.5 Å². The number of rotatable bonds is 5. The first-order chi connectivity index (χ1) is 10.0. The molecule has 0 atom stereocenters. The molecule has 2 rings (SSSR count). The van der Waals surface area contributed by atoms with Crippen LogP contribution in [0.3, 0.4) is 0 Å². The first-order valence-electron chi connectivity index (χ1n) is 7.08. The number of amides is 1. The second-order valence-corrected chi connectivity index (χ2v) is 7.19. The third-order valence-electron chi connectivity index (χ3n) is 3.51. The molecular formula is C14H21N3O3S. The Morgan fingerprint density at radius 2 is 1.86 bits per heavy atom. The topological polar surface area (TPSA) is 78.5 Å². The minimum atomic E-state index is -3.17. The van der Waals surface area contributed by atoms with Crippen LogP contribution in [0.1, 0.15) is 6.92 Å². The zero-order chi connectivity index (χ0) is 15.3. The molecule has 116 valence electrons. The Bertz CT molecular complexity index is 578. The second-order valence-electron chi connectivity index (χ2n) is 4.91. The Kier molecular flexibility index (Phi) is 5.19. The van der Waals surface area contributed by atoms with Crippen LogP contribution in [0.15, 0.2) is 29.2 Å². The number of carbonyl (C=O) groups is 1. The van der Waals surface area contributed by atoms with Crippen molar-refractivity contribution in [2.45, 2.75) is 11.8 Å². The predicted octanol–water partition coefficient (Wildman–Crippen LogP) is 0.324. The number of sulfone groups is 1. The lowest BCUT2D eigenvalue weighted by Crippen LogP contribution is -2.48. The zero-order valence-electron chi connectivity index (χ0n) is 12.1. The largest absolute Gasteiger partial charge is 0.376 e. The zero-order valence-corrected chi connectivity index (χ0v) is 12.9. The van der Waals surface area contributed by atoms with E-state index in [4.69, 9.17) is 0 Å². The highest BCUT2D eigenvalue weighted by molar-refractivity contribution is 7.91. The van der Waals surface area contributed by atoms with Crippen molar-refractivity contribution in [2.75, 3.05) is 43.8 Å². The van der Waals surface area contributed by atoms with Gasteiger partial charge in [-0.25, -0.2) is 8.42 Å². The molecule has 0 radical (unpaired) electrons. The molecule has 1 aliphatic heterocycles. The summed E-state index contributed by atoms with van der Waals surface area (Å²) in [5, 5.41) is 6.23. The average Bonchev–Trinajstić information content (AvgIpc) is 2.54. The monoisotopic (exact) mass is 311 g/mol. The van der Waals surface area contributed by atoms with Gasteiger partial charge in [-0.05, 0) is 24.3 Å². The fourth-order valence-electron chi connectivity index (χ4n) is 2.15. The van der Waals surface area contributed by atoms with E-state index in [0.717, 1.165) is 31.9 Å². The molecule has 0 unspecified atom stereocenters. The molecule has 7 heteroatoms. The van der Waals surface area contributed by atoms with Gasteiger partial charge in [0.2, 0.25) is 5.91 Å². The Labute approximate surface area is 125 Å². The van der Waals surface area contributed by atoms with Gasteiger partial charge >= 0.3 is 0 Å². The molecule has 0 spiro atoms. The molecule has 0 aliphatic carbocycles. The molecule has 1 amide bonds. The molecule has 6 nitrogen and oxygen atoms in total. The molecule has 1 saturated heterocycles. The maximum atomic E-state index is 12.0. The Balaban J connectivity index is 1.90. The fraction of sp³-hybridized carbons (Fsp3) is 0.500. The van der Waals surface area contributed by atoms with Crippen LogP contribution in [0.25, 0.3) is 0 Å². The molecule has 1 aliphatic rings. The number of piperazine rings is 1. The summed E-state index contributed by atoms with van der Waals surface area (Å²) in [5.41, 5.74) is 0.744. The van der Waals surface area contributed by atoms with Crippen molar-refractivity contribution in [1.82, 2.24) is 10.2 Å². The first kappa shape index (κ1) is 15.8. The lowest BCUT2D eigenvalue weighted by Gasteiger charge is -2.27. The van der Waals surface area contributed by atoms with E-state index in [1.165, 1.54) is 0 Å². The van der Waals surface area contributed by atoms with E-state index in [1.54, 1.807) is 31.2 Å². The van der Waals surface area contributed by atoms with Gasteiger partial charge in [-0.1, -0.05) is 6.92 Å². The van der Waals surface area contributed by atoms with Crippen molar-refractivity contribution in [3.05, 3.63) is 24.3 Å². The maximum absolute atomic E-state index is 12.0. The summed E-state index contributed by atoms with van der Waals surface area (Å²) in [6.45, 7) is 4.96.